The molecule has 1 rings (SSSR count). The third kappa shape index (κ3) is 2.94. The van der Waals surface area contributed by atoms with Crippen LogP contribution in [0.5, 0.6) is 0 Å². The van der Waals surface area contributed by atoms with Gasteiger partial charge in [-0.25, -0.2) is 4.39 Å². The number of rotatable bonds is 0. The van der Waals surface area contributed by atoms with E-state index in [-0.39, 0.29) is 57.2 Å². The molecule has 0 saturated heterocycles. The van der Waals surface area contributed by atoms with Gasteiger partial charge in [0.2, 0.25) is 0 Å². The smallest absolute Gasteiger partial charge is 0.236 e. The first kappa shape index (κ1) is 8.79. The van der Waals surface area contributed by atoms with Crippen LogP contribution in [0.1, 0.15) is 0 Å². The van der Waals surface area contributed by atoms with Gasteiger partial charge in [-0.15, -0.1) is 12.1 Å². The largest absolute Gasteiger partial charge is 1.00 e. The van der Waals surface area contributed by atoms with Crippen molar-refractivity contribution >= 4 is 0 Å². The Bertz CT molecular complexity index is 138. The van der Waals surface area contributed by atoms with Gasteiger partial charge in [-0.3, -0.25) is 0 Å². The van der Waals surface area contributed by atoms with Gasteiger partial charge in [-0.1, -0.05) is 0 Å². The Kier molecular flexibility index (Phi) is 5.10. The predicted molar refractivity (Wildman–Crippen MR) is 25.2 cm³/mol. The molecule has 0 atom stereocenters. The number of halogens is 1. The molecule has 2 heteroatoms. The first-order valence-corrected chi connectivity index (χ1v) is 2.01. The average molecular weight is 134 g/mol. The molecule has 0 heterocycles. The summed E-state index contributed by atoms with van der Waals surface area (Å²) < 4.78 is 11.9. The van der Waals surface area contributed by atoms with E-state index in [4.69, 9.17) is 0 Å². The van der Waals surface area contributed by atoms with E-state index in [0.29, 0.717) is 0 Å². The van der Waals surface area contributed by atoms with Gasteiger partial charge >= 0.3 is 51.4 Å². The van der Waals surface area contributed by atoms with Gasteiger partial charge in [0.05, 0.1) is 0 Å². The zero-order valence-corrected chi connectivity index (χ0v) is 7.81. The molecule has 0 aromatic heterocycles. The molecule has 0 aliphatic heterocycles. The Labute approximate surface area is 90.5 Å². The molecular weight excluding hydrogens is 130 g/mol. The molecule has 0 unspecified atom stereocenters. The summed E-state index contributed by atoms with van der Waals surface area (Å²) in [6.07, 6.45) is 0. The van der Waals surface area contributed by atoms with Gasteiger partial charge < -0.3 is 0 Å². The van der Waals surface area contributed by atoms with Crippen LogP contribution in [0.4, 0.5) is 4.39 Å². The Morgan fingerprint density at radius 1 is 1.25 bits per heavy atom. The Morgan fingerprint density at radius 3 is 2.00 bits per heavy atom. The second-order valence-corrected chi connectivity index (χ2v) is 1.22. The van der Waals surface area contributed by atoms with E-state index in [1.165, 1.54) is 24.3 Å². The Morgan fingerprint density at radius 2 is 1.75 bits per heavy atom. The van der Waals surface area contributed by atoms with E-state index >= 15 is 0 Å². The predicted octanol–water partition coefficient (Wildman–Crippen LogP) is -1.37. The van der Waals surface area contributed by atoms with Crippen LogP contribution in [0, 0.1) is 11.9 Å². The van der Waals surface area contributed by atoms with Crippen molar-refractivity contribution in [2.24, 2.45) is 0 Å². The summed E-state index contributed by atoms with van der Waals surface area (Å²) in [4.78, 5) is 0. The third-order valence-corrected chi connectivity index (χ3v) is 0.678. The first-order valence-electron chi connectivity index (χ1n) is 2.01. The third-order valence-electron chi connectivity index (χ3n) is 0.678. The van der Waals surface area contributed by atoms with Gasteiger partial charge in [0.1, 0.15) is 0 Å². The van der Waals surface area contributed by atoms with Crippen molar-refractivity contribution < 1.29 is 55.8 Å². The Balaban J connectivity index is 0.000000490. The zero-order valence-electron chi connectivity index (χ0n) is 4.69. The van der Waals surface area contributed by atoms with Crippen molar-refractivity contribution in [2.45, 2.75) is 0 Å². The number of hydrogen-bond acceptors (Lipinski definition) is 0. The molecule has 1 aromatic carbocycles. The van der Waals surface area contributed by atoms with E-state index in [0.717, 1.165) is 0 Å². The van der Waals surface area contributed by atoms with E-state index in [1.807, 2.05) is 0 Å². The second kappa shape index (κ2) is 4.65. The number of hydrogen-bond donors (Lipinski definition) is 0. The van der Waals surface area contributed by atoms with Gasteiger partial charge in [0.25, 0.3) is 0 Å². The van der Waals surface area contributed by atoms with Crippen LogP contribution in [-0.2, 0) is 0 Å². The fraction of sp³-hybridized carbons (Fsp3) is 0. The zero-order chi connectivity index (χ0) is 5.11. The molecule has 1 aromatic rings. The molecule has 0 saturated carbocycles. The summed E-state index contributed by atoms with van der Waals surface area (Å²) in [7, 11) is 0. The topological polar surface area (TPSA) is 0 Å². The quantitative estimate of drug-likeness (QED) is 0.303. The maximum Gasteiger partial charge on any atom is 1.00 e. The summed E-state index contributed by atoms with van der Waals surface area (Å²) in [5.41, 5.74) is 0. The molecule has 0 amide bonds. The van der Waals surface area contributed by atoms with Gasteiger partial charge in [0.15, 0.2) is 0 Å². The van der Waals surface area contributed by atoms with Crippen LogP contribution in [0.25, 0.3) is 0 Å². The minimum absolute atomic E-state index is 0. The van der Waals surface area contributed by atoms with Crippen LogP contribution in [0.3, 0.4) is 0 Å². The van der Waals surface area contributed by atoms with Crippen molar-refractivity contribution in [3.05, 3.63) is 36.1 Å². The molecule has 8 heavy (non-hydrogen) atoms. The molecular formula is C6H4FK. The van der Waals surface area contributed by atoms with Gasteiger partial charge in [-0.2, -0.15) is 18.2 Å². The molecule has 0 radical (unpaired) electrons. The van der Waals surface area contributed by atoms with E-state index in [2.05, 4.69) is 6.07 Å². The van der Waals surface area contributed by atoms with E-state index < -0.39 is 0 Å². The molecule has 0 nitrogen and oxygen atoms in total. The minimum Gasteiger partial charge on any atom is -0.236 e. The fourth-order valence-electron chi connectivity index (χ4n) is 0.367. The molecule has 0 bridgehead atoms. The standard InChI is InChI=1S/C6H4F.K/c7-6-4-2-1-3-5-6;/h2-5H;/q-1;+1. The monoisotopic (exact) mass is 134 g/mol. The van der Waals surface area contributed by atoms with Crippen molar-refractivity contribution in [3.8, 4) is 0 Å². The number of benzene rings is 1. The van der Waals surface area contributed by atoms with Gasteiger partial charge in [-0.05, 0) is 0 Å². The summed E-state index contributed by atoms with van der Waals surface area (Å²) in [6, 6.07) is 8.49. The van der Waals surface area contributed by atoms with E-state index in [1.54, 1.807) is 0 Å². The van der Waals surface area contributed by atoms with Crippen LogP contribution < -0.4 is 51.4 Å². The normalized spacial score (nSPS) is 7.62. The van der Waals surface area contributed by atoms with Crippen LogP contribution in [0.2, 0.25) is 0 Å². The molecule has 0 N–H and O–H groups in total. The Hall–Kier alpha value is 0.786. The molecule has 0 aliphatic carbocycles. The maximum absolute atomic E-state index is 11.9. The van der Waals surface area contributed by atoms with Crippen LogP contribution in [0.15, 0.2) is 24.3 Å². The van der Waals surface area contributed by atoms with Crippen molar-refractivity contribution in [2.75, 3.05) is 0 Å². The molecule has 0 aliphatic rings. The van der Waals surface area contributed by atoms with Crippen LogP contribution >= 0.6 is 0 Å². The SMILES string of the molecule is Fc1cc[c-]cc1.[K+]. The first-order chi connectivity index (χ1) is 3.39. The summed E-state index contributed by atoms with van der Waals surface area (Å²) in [5, 5.41) is 0. The second-order valence-electron chi connectivity index (χ2n) is 1.22. The van der Waals surface area contributed by atoms with Crippen molar-refractivity contribution in [1.82, 2.24) is 0 Å². The minimum atomic E-state index is -0.209. The molecule has 0 spiro atoms. The summed E-state index contributed by atoms with van der Waals surface area (Å²) in [6.45, 7) is 0. The van der Waals surface area contributed by atoms with Gasteiger partial charge in [0, 0.05) is 5.82 Å². The van der Waals surface area contributed by atoms with Crippen LogP contribution in [-0.4, -0.2) is 0 Å². The van der Waals surface area contributed by atoms with E-state index in [9.17, 15) is 4.39 Å². The summed E-state index contributed by atoms with van der Waals surface area (Å²) in [5.74, 6) is -0.209. The van der Waals surface area contributed by atoms with Crippen molar-refractivity contribution in [3.63, 3.8) is 0 Å². The maximum atomic E-state index is 11.9. The molecule has 0 fully saturated rings. The fourth-order valence-corrected chi connectivity index (χ4v) is 0.367. The van der Waals surface area contributed by atoms with Crippen molar-refractivity contribution in [1.29, 1.82) is 0 Å². The summed E-state index contributed by atoms with van der Waals surface area (Å²) >= 11 is 0. The average Bonchev–Trinajstić information content (AvgIpc) is 1.69. The molecule has 36 valence electrons.